The quantitative estimate of drug-likeness (QED) is 0.125. The number of halogens is 2. The van der Waals surface area contributed by atoms with Crippen LogP contribution in [0.25, 0.3) is 43.8 Å². The van der Waals surface area contributed by atoms with E-state index in [0.717, 1.165) is 0 Å². The van der Waals surface area contributed by atoms with E-state index in [-0.39, 0.29) is 39.7 Å². The molecule has 0 aliphatic rings. The molecule has 0 fully saturated rings. The van der Waals surface area contributed by atoms with Crippen molar-refractivity contribution >= 4 is 53.2 Å². The summed E-state index contributed by atoms with van der Waals surface area (Å²) in [6.45, 7) is 25.2. The van der Waals surface area contributed by atoms with Crippen LogP contribution < -0.4 is 0 Å². The third kappa shape index (κ3) is 9.27. The van der Waals surface area contributed by atoms with Gasteiger partial charge in [0.15, 0.2) is 0 Å². The first-order valence-corrected chi connectivity index (χ1v) is 19.4. The molecule has 6 aromatic rings. The molecule has 0 spiro atoms. The average molecular weight is 759 g/mol. The van der Waals surface area contributed by atoms with Crippen molar-refractivity contribution in [3.8, 4) is 22.3 Å². The second-order valence-electron chi connectivity index (χ2n) is 12.4. The Labute approximate surface area is 315 Å². The normalized spacial score (nSPS) is 10.0. The fraction of sp³-hybridized carbons (Fsp3) is 0.256. The summed E-state index contributed by atoms with van der Waals surface area (Å²) in [7, 11) is 0. The molecule has 2 radical (unpaired) electrons. The van der Waals surface area contributed by atoms with Crippen LogP contribution in [0.3, 0.4) is 0 Å². The third-order valence-electron chi connectivity index (χ3n) is 9.39. The van der Waals surface area contributed by atoms with Crippen molar-refractivity contribution in [3.63, 3.8) is 0 Å². The first-order valence-electron chi connectivity index (χ1n) is 15.2. The third-order valence-corrected chi connectivity index (χ3v) is 9.39. The summed E-state index contributed by atoms with van der Waals surface area (Å²) < 4.78 is 0. The maximum atomic E-state index is 3.06. The Kier molecular flexibility index (Phi) is 18.2. The fourth-order valence-corrected chi connectivity index (χ4v) is 6.15. The van der Waals surface area contributed by atoms with Crippen molar-refractivity contribution in [2.45, 2.75) is 75.2 Å². The molecule has 6 aromatic carbocycles. The molecule has 250 valence electrons. The van der Waals surface area contributed by atoms with Crippen molar-refractivity contribution in [1.29, 1.82) is 0 Å². The van der Waals surface area contributed by atoms with Gasteiger partial charge < -0.3 is 14.9 Å². The van der Waals surface area contributed by atoms with Gasteiger partial charge in [-0.3, -0.25) is 0 Å². The molecule has 47 heavy (non-hydrogen) atoms. The Morgan fingerprint density at radius 3 is 1.51 bits per heavy atom. The Hall–Kier alpha value is -2.22. The number of benzene rings is 4. The van der Waals surface area contributed by atoms with Crippen LogP contribution in [0.5, 0.6) is 0 Å². The van der Waals surface area contributed by atoms with Crippen LogP contribution >= 0.6 is 24.8 Å². The molecule has 0 nitrogen and oxygen atoms in total. The van der Waals surface area contributed by atoms with E-state index in [1.807, 2.05) is 0 Å². The van der Waals surface area contributed by atoms with Crippen LogP contribution in [0.1, 0.15) is 69.8 Å². The van der Waals surface area contributed by atoms with E-state index in [0.29, 0.717) is 5.92 Å². The number of aryl methyl sites for hydroxylation is 4. The molecular formula is C43H52Cl2SiZr-4. The van der Waals surface area contributed by atoms with E-state index >= 15 is 0 Å². The van der Waals surface area contributed by atoms with Gasteiger partial charge in [-0.1, -0.05) is 75.2 Å². The molecular weight excluding hydrogens is 707 g/mol. The number of fused-ring (bicyclic) bond motifs is 2. The predicted octanol–water partition coefficient (Wildman–Crippen LogP) is 13.4. The van der Waals surface area contributed by atoms with E-state index < -0.39 is 0 Å². The van der Waals surface area contributed by atoms with Crippen LogP contribution in [0.4, 0.5) is 0 Å². The van der Waals surface area contributed by atoms with Crippen molar-refractivity contribution in [2.75, 3.05) is 0 Å². The summed E-state index contributed by atoms with van der Waals surface area (Å²) in [6, 6.07) is 29.5. The van der Waals surface area contributed by atoms with Gasteiger partial charge in [-0.05, 0) is 92.0 Å². The van der Waals surface area contributed by atoms with Crippen LogP contribution in [-0.4, -0.2) is 6.88 Å². The molecule has 0 saturated carbocycles. The monoisotopic (exact) mass is 756 g/mol. The van der Waals surface area contributed by atoms with Crippen molar-refractivity contribution in [1.82, 2.24) is 0 Å². The van der Waals surface area contributed by atoms with Gasteiger partial charge in [0, 0.05) is 0 Å². The Morgan fingerprint density at radius 2 is 1.00 bits per heavy atom. The molecule has 4 heteroatoms. The van der Waals surface area contributed by atoms with Gasteiger partial charge in [0.25, 0.3) is 0 Å². The van der Waals surface area contributed by atoms with Crippen LogP contribution in [0.15, 0.2) is 78.9 Å². The van der Waals surface area contributed by atoms with Crippen LogP contribution in [0.2, 0.25) is 0 Å². The summed E-state index contributed by atoms with van der Waals surface area (Å²) in [6.07, 6.45) is 0. The summed E-state index contributed by atoms with van der Waals surface area (Å²) in [5.41, 5.74) is 17.9. The molecule has 0 unspecified atom stereocenters. The maximum absolute atomic E-state index is 3.06. The molecule has 0 bridgehead atoms. The summed E-state index contributed by atoms with van der Waals surface area (Å²) in [4.78, 5) is 0. The second-order valence-corrected chi connectivity index (χ2v) is 12.4. The first kappa shape index (κ1) is 44.8. The SMILES string of the molecule is Cc1cc2c(-c3ccc(C)c(C)c3C)ccc(C)c2[cH-]1.Cc1ccc(-c2cccc3[cH-]c(C(C)C)cc23)c(C)c1C.Cl.Cl.[CH3-].[CH3-].[Si]=[Zr]. The predicted molar refractivity (Wildman–Crippen MR) is 215 cm³/mol. The molecule has 0 heterocycles. The molecule has 0 amide bonds. The molecule has 0 saturated heterocycles. The number of rotatable bonds is 3. The Balaban J connectivity index is 0.000000792. The number of hydrogen-bond donors (Lipinski definition) is 0. The first-order chi connectivity index (χ1) is 20.5. The van der Waals surface area contributed by atoms with Gasteiger partial charge in [0.2, 0.25) is 0 Å². The van der Waals surface area contributed by atoms with Gasteiger partial charge >= 0.3 is 30.2 Å². The average Bonchev–Trinajstić information content (AvgIpc) is 3.62. The van der Waals surface area contributed by atoms with E-state index in [4.69, 9.17) is 0 Å². The van der Waals surface area contributed by atoms with Crippen molar-refractivity contribution in [3.05, 3.63) is 144 Å². The zero-order chi connectivity index (χ0) is 31.6. The molecule has 6 rings (SSSR count). The van der Waals surface area contributed by atoms with Crippen LogP contribution in [0, 0.1) is 70.2 Å². The van der Waals surface area contributed by atoms with Gasteiger partial charge in [0.1, 0.15) is 0 Å². The minimum absolute atomic E-state index is 0. The topological polar surface area (TPSA) is 0 Å². The molecule has 0 aromatic heterocycles. The summed E-state index contributed by atoms with van der Waals surface area (Å²) in [5.74, 6) is 0.575. The number of hydrogen-bond acceptors (Lipinski definition) is 0. The molecule has 0 N–H and O–H groups in total. The van der Waals surface area contributed by atoms with Gasteiger partial charge in [-0.25, -0.2) is 0 Å². The Bertz CT molecular complexity index is 1920. The zero-order valence-electron chi connectivity index (χ0n) is 30.4. The minimum atomic E-state index is 0. The summed E-state index contributed by atoms with van der Waals surface area (Å²) in [5, 5.41) is 5.51. The Morgan fingerprint density at radius 1 is 0.532 bits per heavy atom. The molecule has 0 aliphatic heterocycles. The van der Waals surface area contributed by atoms with Crippen molar-refractivity contribution < 1.29 is 23.3 Å². The summed E-state index contributed by atoms with van der Waals surface area (Å²) >= 11 is 1.36. The molecule has 0 aliphatic carbocycles. The second kappa shape index (κ2) is 19.1. The standard InChI is InChI=1S/C21H23.C20H21.2CH3.2ClH.Si.Zr/c1-13(2)18-11-17-7-6-8-20(21(17)12-18)19-10-9-14(3)15(4)16(19)5;1-12-10-19-14(3)7-9-18(20(19)11-12)17-8-6-13(2)15(4)16(17)5;;;;;;/h6-13H,1-5H3;6-11H,1-5H3;2*1H3;2*1H;;/q4*-1;;;;. The van der Waals surface area contributed by atoms with Crippen molar-refractivity contribution in [2.24, 2.45) is 0 Å². The fourth-order valence-electron chi connectivity index (χ4n) is 6.15. The van der Waals surface area contributed by atoms with Gasteiger partial charge in [-0.2, -0.15) is 12.1 Å². The van der Waals surface area contributed by atoms with E-state index in [9.17, 15) is 0 Å². The molecule has 0 atom stereocenters. The van der Waals surface area contributed by atoms with E-state index in [1.54, 1.807) is 0 Å². The van der Waals surface area contributed by atoms with E-state index in [2.05, 4.69) is 155 Å². The van der Waals surface area contributed by atoms with E-state index in [1.165, 1.54) is 117 Å². The van der Waals surface area contributed by atoms with Gasteiger partial charge in [-0.15, -0.1) is 93.4 Å². The van der Waals surface area contributed by atoms with Gasteiger partial charge in [0.05, 0.1) is 0 Å². The van der Waals surface area contributed by atoms with Crippen LogP contribution in [-0.2, 0) is 23.3 Å². The zero-order valence-corrected chi connectivity index (χ0v) is 35.5.